The van der Waals surface area contributed by atoms with Gasteiger partial charge in [0.1, 0.15) is 0 Å². The van der Waals surface area contributed by atoms with E-state index in [2.05, 4.69) is 115 Å². The zero-order valence-corrected chi connectivity index (χ0v) is 39.9. The van der Waals surface area contributed by atoms with Crippen molar-refractivity contribution in [1.82, 2.24) is 49.7 Å². The molecule has 6 heterocycles. The predicted molar refractivity (Wildman–Crippen MR) is 290 cm³/mol. The summed E-state index contributed by atoms with van der Waals surface area (Å²) in [4.78, 5) is 19.6. The van der Waals surface area contributed by atoms with Gasteiger partial charge in [0.2, 0.25) is 23.3 Å². The average Bonchev–Trinajstić information content (AvgIpc) is 4.53. The summed E-state index contributed by atoms with van der Waals surface area (Å²) in [5.41, 5.74) is 11.7. The molecule has 14 nitrogen and oxygen atoms in total. The first-order valence-corrected chi connectivity index (χ1v) is 24.5. The van der Waals surface area contributed by atoms with Gasteiger partial charge in [-0.2, -0.15) is 19.9 Å². The van der Waals surface area contributed by atoms with Crippen molar-refractivity contribution >= 4 is 43.6 Å². The van der Waals surface area contributed by atoms with Gasteiger partial charge in [-0.25, -0.2) is 0 Å². The standard InChI is InChI=1S/C62H36N10O4/c1-5-17-37(18-6-1)59-63-55(67-73-59)41-31-42(56-64-60(74-68-56)38-19-7-2-8-20-38)34-45(33-41)71-49-27-15-13-25-47(49)53-51(71)29-30-52-54(53)48-26-14-16-28-50(48)72(52)46-35-43(57-65-61(75-69-57)39-21-9-3-10-22-39)32-44(36-46)58-66-62(76-70-58)40-23-11-4-12-24-40/h1-36H. The maximum Gasteiger partial charge on any atom is 0.258 e. The number of hydrogen-bond donors (Lipinski definition) is 0. The second-order valence-electron chi connectivity index (χ2n) is 18.3. The van der Waals surface area contributed by atoms with E-state index in [-0.39, 0.29) is 0 Å². The van der Waals surface area contributed by atoms with Crippen molar-refractivity contribution in [2.24, 2.45) is 0 Å². The van der Waals surface area contributed by atoms with Gasteiger partial charge in [-0.3, -0.25) is 0 Å². The third-order valence-electron chi connectivity index (χ3n) is 13.6. The highest BCUT2D eigenvalue weighted by molar-refractivity contribution is 6.29. The molecule has 15 rings (SSSR count). The summed E-state index contributed by atoms with van der Waals surface area (Å²) in [5.74, 6) is 3.28. The van der Waals surface area contributed by atoms with Crippen LogP contribution in [0, 0.1) is 0 Å². The molecular formula is C62H36N10O4. The van der Waals surface area contributed by atoms with Gasteiger partial charge in [0, 0.05) is 77.4 Å². The maximum atomic E-state index is 5.87. The minimum atomic E-state index is 0.408. The predicted octanol–water partition coefficient (Wildman–Crippen LogP) is 14.7. The summed E-state index contributed by atoms with van der Waals surface area (Å²) in [6.45, 7) is 0. The van der Waals surface area contributed by atoms with E-state index >= 15 is 0 Å². The van der Waals surface area contributed by atoms with Crippen LogP contribution >= 0.6 is 0 Å². The number of hydrogen-bond acceptors (Lipinski definition) is 12. The van der Waals surface area contributed by atoms with Crippen molar-refractivity contribution in [3.05, 3.63) is 218 Å². The second-order valence-corrected chi connectivity index (χ2v) is 18.3. The lowest BCUT2D eigenvalue weighted by Crippen LogP contribution is -1.98. The molecule has 0 radical (unpaired) electrons. The monoisotopic (exact) mass is 984 g/mol. The SMILES string of the molecule is c1ccc(-c2nc(-c3cc(-c4noc(-c5ccccc5)n4)cc(-n4c5ccccc5c5c6c7ccccc7n(-c7cc(-c8noc(-c9ccccc9)n8)cc(-c8noc(-c9ccccc9)n8)c7)c6ccc54)c3)no2)cc1. The molecule has 6 aromatic heterocycles. The van der Waals surface area contributed by atoms with Crippen LogP contribution in [0.25, 0.3) is 146 Å². The van der Waals surface area contributed by atoms with Crippen LogP contribution < -0.4 is 0 Å². The molecule has 0 bridgehead atoms. The van der Waals surface area contributed by atoms with Gasteiger partial charge in [-0.15, -0.1) is 0 Å². The molecule has 14 heteroatoms. The van der Waals surface area contributed by atoms with Crippen molar-refractivity contribution in [2.45, 2.75) is 0 Å². The molecule has 0 N–H and O–H groups in total. The van der Waals surface area contributed by atoms with Crippen LogP contribution in [0.4, 0.5) is 0 Å². The van der Waals surface area contributed by atoms with Gasteiger partial charge < -0.3 is 27.2 Å². The fraction of sp³-hybridized carbons (Fsp3) is 0. The van der Waals surface area contributed by atoms with Crippen molar-refractivity contribution < 1.29 is 18.1 Å². The number of fused-ring (bicyclic) bond motifs is 7. The molecule has 0 aliphatic carbocycles. The number of rotatable bonds is 10. The van der Waals surface area contributed by atoms with Crippen LogP contribution in [0.5, 0.6) is 0 Å². The Balaban J connectivity index is 0.943. The van der Waals surface area contributed by atoms with Crippen LogP contribution in [0.2, 0.25) is 0 Å². The third kappa shape index (κ3) is 7.19. The molecule has 0 unspecified atom stereocenters. The summed E-state index contributed by atoms with van der Waals surface area (Å²) in [6, 6.07) is 72.5. The Morgan fingerprint density at radius 3 is 0.829 bits per heavy atom. The third-order valence-corrected chi connectivity index (χ3v) is 13.6. The van der Waals surface area contributed by atoms with Gasteiger partial charge in [-0.1, -0.05) is 130 Å². The Kier molecular flexibility index (Phi) is 9.81. The maximum absolute atomic E-state index is 5.87. The number of benzene rings is 9. The minimum absolute atomic E-state index is 0.408. The molecule has 9 aromatic carbocycles. The zero-order valence-electron chi connectivity index (χ0n) is 39.9. The van der Waals surface area contributed by atoms with E-state index in [1.807, 2.05) is 133 Å². The topological polar surface area (TPSA) is 166 Å². The lowest BCUT2D eigenvalue weighted by molar-refractivity contribution is 0.432. The van der Waals surface area contributed by atoms with Crippen LogP contribution in [0.3, 0.4) is 0 Å². The molecule has 0 atom stereocenters. The first kappa shape index (κ1) is 42.8. The Hall–Kier alpha value is -10.9. The van der Waals surface area contributed by atoms with Gasteiger partial charge in [0.15, 0.2) is 0 Å². The molecule has 0 aliphatic rings. The van der Waals surface area contributed by atoms with E-state index < -0.39 is 0 Å². The normalized spacial score (nSPS) is 11.7. The molecule has 0 saturated carbocycles. The quantitative estimate of drug-likeness (QED) is 0.127. The van der Waals surface area contributed by atoms with Crippen LogP contribution in [-0.2, 0) is 0 Å². The molecule has 76 heavy (non-hydrogen) atoms. The highest BCUT2D eigenvalue weighted by Gasteiger charge is 2.25. The Morgan fingerprint density at radius 1 is 0.250 bits per heavy atom. The molecule has 358 valence electrons. The molecule has 15 aromatic rings. The van der Waals surface area contributed by atoms with Crippen LogP contribution in [-0.4, -0.2) is 49.7 Å². The Labute approximate surface area is 430 Å². The Bertz CT molecular complexity index is 4160. The van der Waals surface area contributed by atoms with E-state index in [1.54, 1.807) is 0 Å². The number of para-hydroxylation sites is 2. The van der Waals surface area contributed by atoms with E-state index in [4.69, 9.17) is 38.0 Å². The van der Waals surface area contributed by atoms with Gasteiger partial charge in [0.25, 0.3) is 23.6 Å². The van der Waals surface area contributed by atoms with Crippen molar-refractivity contribution in [2.75, 3.05) is 0 Å². The van der Waals surface area contributed by atoms with Crippen molar-refractivity contribution in [3.63, 3.8) is 0 Å². The number of nitrogens with zero attached hydrogens (tertiary/aromatic N) is 10. The van der Waals surface area contributed by atoms with E-state index in [9.17, 15) is 0 Å². The first-order chi connectivity index (χ1) is 37.6. The highest BCUT2D eigenvalue weighted by Crippen LogP contribution is 2.44. The number of aromatic nitrogens is 10. The van der Waals surface area contributed by atoms with E-state index in [0.29, 0.717) is 69.1 Å². The van der Waals surface area contributed by atoms with Gasteiger partial charge >= 0.3 is 0 Å². The fourth-order valence-electron chi connectivity index (χ4n) is 10.2. The molecular weight excluding hydrogens is 949 g/mol. The first-order valence-electron chi connectivity index (χ1n) is 24.5. The van der Waals surface area contributed by atoms with Gasteiger partial charge in [-0.05, 0) is 109 Å². The van der Waals surface area contributed by atoms with Crippen LogP contribution in [0.15, 0.2) is 236 Å². The van der Waals surface area contributed by atoms with Gasteiger partial charge in [0.05, 0.1) is 22.1 Å². The molecule has 0 aliphatic heterocycles. The second kappa shape index (κ2) is 17.4. The summed E-state index contributed by atoms with van der Waals surface area (Å²) in [7, 11) is 0. The Morgan fingerprint density at radius 2 is 0.526 bits per heavy atom. The highest BCUT2D eigenvalue weighted by atomic mass is 16.5. The van der Waals surface area contributed by atoms with E-state index in [1.165, 1.54) is 0 Å². The molecule has 0 fully saturated rings. The average molecular weight is 985 g/mol. The smallest absolute Gasteiger partial charge is 0.258 e. The summed E-state index contributed by atoms with van der Waals surface area (Å²) in [5, 5.41) is 22.2. The summed E-state index contributed by atoms with van der Waals surface area (Å²) >= 11 is 0. The fourth-order valence-corrected chi connectivity index (χ4v) is 10.2. The minimum Gasteiger partial charge on any atom is -0.334 e. The van der Waals surface area contributed by atoms with Crippen molar-refractivity contribution in [1.29, 1.82) is 0 Å². The molecule has 0 spiro atoms. The lowest BCUT2D eigenvalue weighted by Gasteiger charge is -2.12. The summed E-state index contributed by atoms with van der Waals surface area (Å²) < 4.78 is 28.0. The summed E-state index contributed by atoms with van der Waals surface area (Å²) in [6.07, 6.45) is 0. The van der Waals surface area contributed by atoms with Crippen LogP contribution in [0.1, 0.15) is 0 Å². The largest absolute Gasteiger partial charge is 0.334 e. The van der Waals surface area contributed by atoms with Crippen molar-refractivity contribution in [3.8, 4) is 103 Å². The molecule has 0 saturated heterocycles. The molecule has 0 amide bonds. The lowest BCUT2D eigenvalue weighted by atomic mass is 10.1. The zero-order chi connectivity index (χ0) is 50.1. The van der Waals surface area contributed by atoms with E-state index in [0.717, 1.165) is 77.2 Å².